The fraction of sp³-hybridized carbons (Fsp3) is 0.0769. The van der Waals surface area contributed by atoms with Gasteiger partial charge >= 0.3 is 0 Å². The van der Waals surface area contributed by atoms with Gasteiger partial charge < -0.3 is 11.1 Å². The minimum atomic E-state index is -0.406. The van der Waals surface area contributed by atoms with E-state index in [9.17, 15) is 9.18 Å². The summed E-state index contributed by atoms with van der Waals surface area (Å²) in [6.45, 7) is 0.336. The van der Waals surface area contributed by atoms with E-state index in [0.717, 1.165) is 5.56 Å². The zero-order valence-corrected chi connectivity index (χ0v) is 9.56. The molecule has 3 N–H and O–H groups in total. The van der Waals surface area contributed by atoms with Crippen molar-refractivity contribution in [2.45, 2.75) is 6.54 Å². The number of nitrogens with zero attached hydrogens (tertiary/aromatic N) is 1. The largest absolute Gasteiger partial charge is 0.326 e. The van der Waals surface area contributed by atoms with Crippen LogP contribution in [0.2, 0.25) is 0 Å². The molecule has 18 heavy (non-hydrogen) atoms. The predicted molar refractivity (Wildman–Crippen MR) is 66.5 cm³/mol. The molecule has 2 rings (SSSR count). The molecule has 4 nitrogen and oxygen atoms in total. The van der Waals surface area contributed by atoms with Gasteiger partial charge in [0, 0.05) is 18.4 Å². The number of hydrogen-bond donors (Lipinski definition) is 2. The van der Waals surface area contributed by atoms with E-state index in [1.54, 1.807) is 18.2 Å². The van der Waals surface area contributed by atoms with Gasteiger partial charge in [0.15, 0.2) is 0 Å². The lowest BCUT2D eigenvalue weighted by atomic mass is 10.2. The zero-order chi connectivity index (χ0) is 13.0. The number of carbonyl (C=O) groups is 1. The summed E-state index contributed by atoms with van der Waals surface area (Å²) in [4.78, 5) is 15.8. The second-order valence-corrected chi connectivity index (χ2v) is 3.72. The molecule has 0 aliphatic carbocycles. The van der Waals surface area contributed by atoms with Gasteiger partial charge in [-0.1, -0.05) is 6.07 Å². The zero-order valence-electron chi connectivity index (χ0n) is 9.56. The van der Waals surface area contributed by atoms with Gasteiger partial charge in [0.1, 0.15) is 11.5 Å². The Labute approximate surface area is 104 Å². The van der Waals surface area contributed by atoms with Crippen molar-refractivity contribution in [1.82, 2.24) is 4.98 Å². The maximum atomic E-state index is 13.0. The third-order valence-corrected chi connectivity index (χ3v) is 2.38. The Bertz CT molecular complexity index is 572. The van der Waals surface area contributed by atoms with Crippen LogP contribution in [0.15, 0.2) is 42.6 Å². The SMILES string of the molecule is NCc1ccnc(C(=O)Nc2cccc(F)c2)c1. The Hall–Kier alpha value is -2.27. The van der Waals surface area contributed by atoms with Crippen LogP contribution in [0, 0.1) is 5.82 Å². The number of hydrogen-bond acceptors (Lipinski definition) is 3. The third kappa shape index (κ3) is 2.89. The van der Waals surface area contributed by atoms with E-state index in [1.807, 2.05) is 0 Å². The molecule has 1 amide bonds. The van der Waals surface area contributed by atoms with Crippen LogP contribution >= 0.6 is 0 Å². The smallest absolute Gasteiger partial charge is 0.274 e. The molecular formula is C13H12FN3O. The first-order valence-corrected chi connectivity index (χ1v) is 5.41. The molecule has 5 heteroatoms. The fourth-order valence-electron chi connectivity index (χ4n) is 1.49. The number of pyridine rings is 1. The number of aromatic nitrogens is 1. The van der Waals surface area contributed by atoms with Crippen LogP contribution in [-0.2, 0) is 6.54 Å². The molecule has 0 unspecified atom stereocenters. The van der Waals surface area contributed by atoms with Gasteiger partial charge in [0.05, 0.1) is 0 Å². The molecular weight excluding hydrogens is 233 g/mol. The first kappa shape index (κ1) is 12.2. The van der Waals surface area contributed by atoms with E-state index in [2.05, 4.69) is 10.3 Å². The summed E-state index contributed by atoms with van der Waals surface area (Å²) in [5, 5.41) is 2.57. The second kappa shape index (κ2) is 5.37. The number of carbonyl (C=O) groups excluding carboxylic acids is 1. The topological polar surface area (TPSA) is 68.0 Å². The number of benzene rings is 1. The molecule has 1 heterocycles. The van der Waals surface area contributed by atoms with Crippen LogP contribution < -0.4 is 11.1 Å². The molecule has 0 aliphatic rings. The number of rotatable bonds is 3. The summed E-state index contributed by atoms with van der Waals surface area (Å²) < 4.78 is 13.0. The van der Waals surface area contributed by atoms with Crippen molar-refractivity contribution in [1.29, 1.82) is 0 Å². The van der Waals surface area contributed by atoms with Crippen molar-refractivity contribution in [2.24, 2.45) is 5.73 Å². The van der Waals surface area contributed by atoms with E-state index in [1.165, 1.54) is 24.4 Å². The van der Waals surface area contributed by atoms with Crippen molar-refractivity contribution >= 4 is 11.6 Å². The Morgan fingerprint density at radius 2 is 2.17 bits per heavy atom. The summed E-state index contributed by atoms with van der Waals surface area (Å²) in [5.41, 5.74) is 6.94. The van der Waals surface area contributed by atoms with Crippen molar-refractivity contribution in [3.63, 3.8) is 0 Å². The average Bonchev–Trinajstić information content (AvgIpc) is 2.39. The second-order valence-electron chi connectivity index (χ2n) is 3.72. The minimum absolute atomic E-state index is 0.252. The molecule has 0 spiro atoms. The van der Waals surface area contributed by atoms with Gasteiger partial charge in [-0.3, -0.25) is 9.78 Å². The first-order valence-electron chi connectivity index (χ1n) is 5.41. The Kier molecular flexibility index (Phi) is 3.64. The Morgan fingerprint density at radius 3 is 2.89 bits per heavy atom. The summed E-state index contributed by atoms with van der Waals surface area (Å²) in [5.74, 6) is -0.799. The quantitative estimate of drug-likeness (QED) is 0.868. The van der Waals surface area contributed by atoms with E-state index in [0.29, 0.717) is 12.2 Å². The summed E-state index contributed by atoms with van der Waals surface area (Å²) in [6.07, 6.45) is 1.52. The molecule has 1 aromatic carbocycles. The lowest BCUT2D eigenvalue weighted by Gasteiger charge is -2.05. The predicted octanol–water partition coefficient (Wildman–Crippen LogP) is 1.93. The highest BCUT2D eigenvalue weighted by atomic mass is 19.1. The summed E-state index contributed by atoms with van der Waals surface area (Å²) in [6, 6.07) is 9.02. The van der Waals surface area contributed by atoms with Gasteiger partial charge in [0.2, 0.25) is 0 Å². The number of nitrogens with one attached hydrogen (secondary N) is 1. The molecule has 0 fully saturated rings. The van der Waals surface area contributed by atoms with E-state index >= 15 is 0 Å². The molecule has 0 atom stereocenters. The average molecular weight is 245 g/mol. The van der Waals surface area contributed by atoms with Crippen LogP contribution in [-0.4, -0.2) is 10.9 Å². The highest BCUT2D eigenvalue weighted by Gasteiger charge is 2.08. The molecule has 0 bridgehead atoms. The van der Waals surface area contributed by atoms with E-state index in [-0.39, 0.29) is 5.69 Å². The maximum Gasteiger partial charge on any atom is 0.274 e. The van der Waals surface area contributed by atoms with Crippen LogP contribution in [0.25, 0.3) is 0 Å². The Balaban J connectivity index is 2.16. The third-order valence-electron chi connectivity index (χ3n) is 2.38. The highest BCUT2D eigenvalue weighted by molar-refractivity contribution is 6.02. The molecule has 0 saturated heterocycles. The molecule has 0 saturated carbocycles. The van der Waals surface area contributed by atoms with Crippen LogP contribution in [0.4, 0.5) is 10.1 Å². The lowest BCUT2D eigenvalue weighted by molar-refractivity contribution is 0.102. The van der Waals surface area contributed by atoms with E-state index in [4.69, 9.17) is 5.73 Å². The lowest BCUT2D eigenvalue weighted by Crippen LogP contribution is -2.14. The van der Waals surface area contributed by atoms with E-state index < -0.39 is 11.7 Å². The molecule has 2 aromatic rings. The van der Waals surface area contributed by atoms with Gasteiger partial charge in [-0.2, -0.15) is 0 Å². The fourth-order valence-corrected chi connectivity index (χ4v) is 1.49. The number of halogens is 1. The van der Waals surface area contributed by atoms with Crippen molar-refractivity contribution in [2.75, 3.05) is 5.32 Å². The molecule has 0 aliphatic heterocycles. The molecule has 92 valence electrons. The molecule has 1 aromatic heterocycles. The van der Waals surface area contributed by atoms with Crippen LogP contribution in [0.1, 0.15) is 16.1 Å². The standard InChI is InChI=1S/C13H12FN3O/c14-10-2-1-3-11(7-10)17-13(18)12-6-9(8-15)4-5-16-12/h1-7H,8,15H2,(H,17,18). The van der Waals surface area contributed by atoms with Gasteiger partial charge in [-0.25, -0.2) is 4.39 Å². The number of anilines is 1. The van der Waals surface area contributed by atoms with Gasteiger partial charge in [0.25, 0.3) is 5.91 Å². The maximum absolute atomic E-state index is 13.0. The summed E-state index contributed by atoms with van der Waals surface area (Å²) >= 11 is 0. The van der Waals surface area contributed by atoms with Crippen molar-refractivity contribution in [3.05, 3.63) is 59.7 Å². The van der Waals surface area contributed by atoms with Gasteiger partial charge in [-0.05, 0) is 35.9 Å². The highest BCUT2D eigenvalue weighted by Crippen LogP contribution is 2.11. The van der Waals surface area contributed by atoms with Crippen LogP contribution in [0.3, 0.4) is 0 Å². The first-order chi connectivity index (χ1) is 8.69. The number of amides is 1. The monoisotopic (exact) mass is 245 g/mol. The Morgan fingerprint density at radius 1 is 1.33 bits per heavy atom. The van der Waals surface area contributed by atoms with Gasteiger partial charge in [-0.15, -0.1) is 0 Å². The van der Waals surface area contributed by atoms with Crippen LogP contribution in [0.5, 0.6) is 0 Å². The number of nitrogens with two attached hydrogens (primary N) is 1. The normalized spacial score (nSPS) is 10.1. The summed E-state index contributed by atoms with van der Waals surface area (Å²) in [7, 11) is 0. The molecule has 0 radical (unpaired) electrons. The van der Waals surface area contributed by atoms with Crippen molar-refractivity contribution in [3.8, 4) is 0 Å². The van der Waals surface area contributed by atoms with Crippen molar-refractivity contribution < 1.29 is 9.18 Å². The minimum Gasteiger partial charge on any atom is -0.326 e.